The number of benzene rings is 1. The van der Waals surface area contributed by atoms with Crippen molar-refractivity contribution in [2.24, 2.45) is 5.41 Å². The van der Waals surface area contributed by atoms with Crippen molar-refractivity contribution in [1.82, 2.24) is 0 Å². The lowest BCUT2D eigenvalue weighted by Gasteiger charge is -2.12. The van der Waals surface area contributed by atoms with E-state index in [1.807, 2.05) is 13.0 Å². The van der Waals surface area contributed by atoms with Crippen molar-refractivity contribution in [3.63, 3.8) is 0 Å². The summed E-state index contributed by atoms with van der Waals surface area (Å²) in [5.41, 5.74) is 0.701. The van der Waals surface area contributed by atoms with Crippen LogP contribution in [0, 0.1) is 18.2 Å². The van der Waals surface area contributed by atoms with Crippen LogP contribution in [0.25, 0.3) is 0 Å². The summed E-state index contributed by atoms with van der Waals surface area (Å²) in [5, 5.41) is 9.02. The molecule has 2 rings (SSSR count). The summed E-state index contributed by atoms with van der Waals surface area (Å²) in [6.45, 7) is 1.82. The van der Waals surface area contributed by atoms with Crippen LogP contribution < -0.4 is 0 Å². The van der Waals surface area contributed by atoms with E-state index in [4.69, 9.17) is 5.11 Å². The fourth-order valence-electron chi connectivity index (χ4n) is 1.85. The highest BCUT2D eigenvalue weighted by Gasteiger charge is 2.50. The van der Waals surface area contributed by atoms with Crippen LogP contribution >= 0.6 is 0 Å². The number of rotatable bonds is 3. The minimum absolute atomic E-state index is 0.289. The molecule has 0 unspecified atom stereocenters. The van der Waals surface area contributed by atoms with Gasteiger partial charge in [0.05, 0.1) is 5.41 Å². The molecular weight excluding hydrogens is 195 g/mol. The zero-order chi connectivity index (χ0) is 11.1. The predicted molar refractivity (Wildman–Crippen MR) is 54.1 cm³/mol. The second-order valence-corrected chi connectivity index (χ2v) is 4.30. The fourth-order valence-corrected chi connectivity index (χ4v) is 1.85. The van der Waals surface area contributed by atoms with Gasteiger partial charge in [-0.05, 0) is 43.4 Å². The Balaban J connectivity index is 2.29. The minimum atomic E-state index is -0.801. The molecule has 80 valence electrons. The average Bonchev–Trinajstić information content (AvgIpc) is 2.93. The molecule has 15 heavy (non-hydrogen) atoms. The molecule has 0 bridgehead atoms. The minimum Gasteiger partial charge on any atom is -0.481 e. The highest BCUT2D eigenvalue weighted by molar-refractivity contribution is 5.78. The molecule has 1 fully saturated rings. The van der Waals surface area contributed by atoms with E-state index < -0.39 is 11.4 Å². The second kappa shape index (κ2) is 3.33. The van der Waals surface area contributed by atoms with E-state index in [1.165, 1.54) is 6.07 Å². The summed E-state index contributed by atoms with van der Waals surface area (Å²) in [6, 6.07) is 4.85. The zero-order valence-electron chi connectivity index (χ0n) is 8.59. The lowest BCUT2D eigenvalue weighted by atomic mass is 9.93. The lowest BCUT2D eigenvalue weighted by molar-refractivity contribution is -0.143. The van der Waals surface area contributed by atoms with Gasteiger partial charge in [-0.1, -0.05) is 12.1 Å². The van der Waals surface area contributed by atoms with Crippen LogP contribution in [0.3, 0.4) is 0 Å². The number of aliphatic carboxylic acids is 1. The number of hydrogen-bond acceptors (Lipinski definition) is 1. The van der Waals surface area contributed by atoms with Gasteiger partial charge in [0.1, 0.15) is 5.82 Å². The van der Waals surface area contributed by atoms with E-state index in [-0.39, 0.29) is 5.82 Å². The summed E-state index contributed by atoms with van der Waals surface area (Å²) in [4.78, 5) is 11.0. The Morgan fingerprint density at radius 2 is 2.20 bits per heavy atom. The number of carboxylic acids is 1. The zero-order valence-corrected chi connectivity index (χ0v) is 8.59. The molecule has 0 saturated heterocycles. The Labute approximate surface area is 87.7 Å². The summed E-state index contributed by atoms with van der Waals surface area (Å²) in [6.07, 6.45) is 1.65. The standard InChI is InChI=1S/C12H13FO2/c1-8-3-2-4-10(13)9(8)7-12(5-6-12)11(14)15/h2-4H,5-7H2,1H3,(H,14,15). The van der Waals surface area contributed by atoms with E-state index >= 15 is 0 Å². The lowest BCUT2D eigenvalue weighted by Crippen LogP contribution is -2.18. The summed E-state index contributed by atoms with van der Waals surface area (Å²) in [5.74, 6) is -1.09. The van der Waals surface area contributed by atoms with Gasteiger partial charge in [0.15, 0.2) is 0 Å². The van der Waals surface area contributed by atoms with E-state index in [1.54, 1.807) is 6.07 Å². The van der Waals surface area contributed by atoms with E-state index in [0.717, 1.165) is 5.56 Å². The molecule has 1 aromatic carbocycles. The van der Waals surface area contributed by atoms with Crippen molar-refractivity contribution >= 4 is 5.97 Å². The van der Waals surface area contributed by atoms with Gasteiger partial charge >= 0.3 is 5.97 Å². The largest absolute Gasteiger partial charge is 0.481 e. The highest BCUT2D eigenvalue weighted by Crippen LogP contribution is 2.49. The first-order valence-electron chi connectivity index (χ1n) is 5.02. The van der Waals surface area contributed by atoms with Crippen LogP contribution in [-0.2, 0) is 11.2 Å². The Bertz CT molecular complexity index is 388. The summed E-state index contributed by atoms with van der Waals surface area (Å²) in [7, 11) is 0. The van der Waals surface area contributed by atoms with E-state index in [0.29, 0.717) is 24.8 Å². The number of aryl methyl sites for hydroxylation is 1. The Hall–Kier alpha value is -1.38. The SMILES string of the molecule is Cc1cccc(F)c1CC1(C(=O)O)CC1. The molecule has 0 spiro atoms. The van der Waals surface area contributed by atoms with Crippen LogP contribution in [-0.4, -0.2) is 11.1 Å². The van der Waals surface area contributed by atoms with Gasteiger partial charge in [-0.3, -0.25) is 4.79 Å². The monoisotopic (exact) mass is 208 g/mol. The second-order valence-electron chi connectivity index (χ2n) is 4.30. The van der Waals surface area contributed by atoms with Crippen LogP contribution in [0.2, 0.25) is 0 Å². The topological polar surface area (TPSA) is 37.3 Å². The van der Waals surface area contributed by atoms with Crippen molar-refractivity contribution in [3.05, 3.63) is 35.1 Å². The third-order valence-electron chi connectivity index (χ3n) is 3.18. The predicted octanol–water partition coefficient (Wildman–Crippen LogP) is 2.54. The average molecular weight is 208 g/mol. The van der Waals surface area contributed by atoms with Crippen LogP contribution in [0.5, 0.6) is 0 Å². The van der Waals surface area contributed by atoms with Crippen molar-refractivity contribution in [2.75, 3.05) is 0 Å². The van der Waals surface area contributed by atoms with Gasteiger partial charge in [-0.2, -0.15) is 0 Å². The third kappa shape index (κ3) is 1.74. The van der Waals surface area contributed by atoms with Gasteiger partial charge in [0.2, 0.25) is 0 Å². The number of halogens is 1. The molecule has 2 nitrogen and oxygen atoms in total. The van der Waals surface area contributed by atoms with Crippen LogP contribution in [0.4, 0.5) is 4.39 Å². The Morgan fingerprint density at radius 1 is 1.53 bits per heavy atom. The molecule has 1 N–H and O–H groups in total. The van der Waals surface area contributed by atoms with Gasteiger partial charge < -0.3 is 5.11 Å². The molecular formula is C12H13FO2. The first-order chi connectivity index (χ1) is 7.05. The smallest absolute Gasteiger partial charge is 0.309 e. The first kappa shape index (κ1) is 10.1. The quantitative estimate of drug-likeness (QED) is 0.828. The maximum Gasteiger partial charge on any atom is 0.309 e. The van der Waals surface area contributed by atoms with Gasteiger partial charge in [0, 0.05) is 0 Å². The molecule has 0 heterocycles. The molecule has 0 atom stereocenters. The molecule has 1 aromatic rings. The first-order valence-corrected chi connectivity index (χ1v) is 5.02. The van der Waals surface area contributed by atoms with Gasteiger partial charge in [-0.15, -0.1) is 0 Å². The summed E-state index contributed by atoms with van der Waals surface area (Å²) >= 11 is 0. The molecule has 3 heteroatoms. The molecule has 0 amide bonds. The molecule has 0 radical (unpaired) electrons. The van der Waals surface area contributed by atoms with Gasteiger partial charge in [0.25, 0.3) is 0 Å². The summed E-state index contributed by atoms with van der Waals surface area (Å²) < 4.78 is 13.5. The molecule has 1 aliphatic rings. The highest BCUT2D eigenvalue weighted by atomic mass is 19.1. The molecule has 0 aliphatic heterocycles. The molecule has 1 aliphatic carbocycles. The molecule has 1 saturated carbocycles. The Kier molecular flexibility index (Phi) is 2.25. The normalized spacial score (nSPS) is 17.5. The number of hydrogen-bond donors (Lipinski definition) is 1. The number of carbonyl (C=O) groups is 1. The maximum absolute atomic E-state index is 13.5. The van der Waals surface area contributed by atoms with Crippen molar-refractivity contribution in [3.8, 4) is 0 Å². The third-order valence-corrected chi connectivity index (χ3v) is 3.18. The maximum atomic E-state index is 13.5. The van der Waals surface area contributed by atoms with E-state index in [2.05, 4.69) is 0 Å². The van der Waals surface area contributed by atoms with E-state index in [9.17, 15) is 9.18 Å². The van der Waals surface area contributed by atoms with Crippen LogP contribution in [0.15, 0.2) is 18.2 Å². The number of carboxylic acid groups (broad SMARTS) is 1. The van der Waals surface area contributed by atoms with Crippen molar-refractivity contribution < 1.29 is 14.3 Å². The van der Waals surface area contributed by atoms with Crippen molar-refractivity contribution in [1.29, 1.82) is 0 Å². The van der Waals surface area contributed by atoms with Crippen LogP contribution in [0.1, 0.15) is 24.0 Å². The van der Waals surface area contributed by atoms with Gasteiger partial charge in [-0.25, -0.2) is 4.39 Å². The Morgan fingerprint density at radius 3 is 2.67 bits per heavy atom. The van der Waals surface area contributed by atoms with Crippen molar-refractivity contribution in [2.45, 2.75) is 26.2 Å². The fraction of sp³-hybridized carbons (Fsp3) is 0.417. The molecule has 0 aromatic heterocycles.